The lowest BCUT2D eigenvalue weighted by atomic mass is 9.92. The number of hydrogen-bond acceptors (Lipinski definition) is 3. The van der Waals surface area contributed by atoms with Crippen LogP contribution in [0.5, 0.6) is 0 Å². The van der Waals surface area contributed by atoms with Gasteiger partial charge < -0.3 is 9.53 Å². The second-order valence-corrected chi connectivity index (χ2v) is 14.9. The Labute approximate surface area is 203 Å². The number of hydrogen-bond donors (Lipinski definition) is 1. The maximum atomic E-state index is 10.8. The van der Waals surface area contributed by atoms with Crippen LogP contribution in [-0.4, -0.2) is 31.3 Å². The Morgan fingerprint density at radius 2 is 1.85 bits per heavy atom. The summed E-state index contributed by atoms with van der Waals surface area (Å²) in [6.45, 7) is 8.64. The van der Waals surface area contributed by atoms with E-state index in [9.17, 15) is 9.59 Å². The summed E-state index contributed by atoms with van der Waals surface area (Å²) in [6.07, 6.45) is 27.2. The zero-order chi connectivity index (χ0) is 24.5. The van der Waals surface area contributed by atoms with E-state index in [-0.39, 0.29) is 18.3 Å². The molecule has 1 fully saturated rings. The maximum Gasteiger partial charge on any atom is 0.303 e. The SMILES string of the molecule is CCCCCC/C=C/[C@H]1CCC[C@@H]1C/C=C\CCCC(=O)O.C[Si](C)(C)O[C@H]1C=CC(=O)C1. The van der Waals surface area contributed by atoms with Crippen LogP contribution in [0.15, 0.2) is 36.5 Å². The lowest BCUT2D eigenvalue weighted by Gasteiger charge is -2.21. The third-order valence-electron chi connectivity index (χ3n) is 6.10. The number of unbranched alkanes of at least 4 members (excludes halogenated alkanes) is 5. The van der Waals surface area contributed by atoms with E-state index in [0.717, 1.165) is 31.1 Å². The van der Waals surface area contributed by atoms with Crippen molar-refractivity contribution < 1.29 is 19.1 Å². The van der Waals surface area contributed by atoms with Crippen molar-refractivity contribution in [3.8, 4) is 0 Å². The average Bonchev–Trinajstić information content (AvgIpc) is 3.34. The molecule has 0 aromatic carbocycles. The molecule has 0 spiro atoms. The molecule has 0 amide bonds. The Bertz CT molecular complexity index is 645. The van der Waals surface area contributed by atoms with Crippen LogP contribution < -0.4 is 0 Å². The highest BCUT2D eigenvalue weighted by Gasteiger charge is 2.24. The van der Waals surface area contributed by atoms with Crippen molar-refractivity contribution in [3.05, 3.63) is 36.5 Å². The number of carbonyl (C=O) groups is 2. The van der Waals surface area contributed by atoms with Crippen LogP contribution in [0.2, 0.25) is 19.6 Å². The van der Waals surface area contributed by atoms with Gasteiger partial charge in [0.2, 0.25) is 0 Å². The van der Waals surface area contributed by atoms with Crippen molar-refractivity contribution in [3.63, 3.8) is 0 Å². The molecule has 0 aromatic rings. The van der Waals surface area contributed by atoms with Crippen LogP contribution in [0.1, 0.15) is 90.4 Å². The van der Waals surface area contributed by atoms with Crippen LogP contribution in [0, 0.1) is 11.8 Å². The molecule has 2 aliphatic carbocycles. The Kier molecular flexibility index (Phi) is 15.3. The highest BCUT2D eigenvalue weighted by Crippen LogP contribution is 2.35. The minimum absolute atomic E-state index is 0.0640. The highest BCUT2D eigenvalue weighted by atomic mass is 28.4. The van der Waals surface area contributed by atoms with Gasteiger partial charge in [-0.1, -0.05) is 63.0 Å². The summed E-state index contributed by atoms with van der Waals surface area (Å²) in [6, 6.07) is 0. The molecule has 2 rings (SSSR count). The molecule has 2 aliphatic rings. The predicted octanol–water partition coefficient (Wildman–Crippen LogP) is 7.87. The number of rotatable bonds is 14. The molecule has 1 N–H and O–H groups in total. The molecule has 0 radical (unpaired) electrons. The monoisotopic (exact) mass is 476 g/mol. The molecule has 0 unspecified atom stereocenters. The van der Waals surface area contributed by atoms with Gasteiger partial charge in [-0.25, -0.2) is 0 Å². The van der Waals surface area contributed by atoms with Gasteiger partial charge in [0.25, 0.3) is 0 Å². The van der Waals surface area contributed by atoms with E-state index in [4.69, 9.17) is 9.53 Å². The lowest BCUT2D eigenvalue weighted by molar-refractivity contribution is -0.137. The van der Waals surface area contributed by atoms with E-state index in [1.54, 1.807) is 6.08 Å². The normalized spacial score (nSPS) is 22.9. The first-order chi connectivity index (χ1) is 15.7. The summed E-state index contributed by atoms with van der Waals surface area (Å²) in [5, 5.41) is 8.60. The first kappa shape index (κ1) is 29.6. The van der Waals surface area contributed by atoms with Gasteiger partial charge in [0.05, 0.1) is 6.10 Å². The van der Waals surface area contributed by atoms with Gasteiger partial charge in [0.15, 0.2) is 14.1 Å². The Morgan fingerprint density at radius 3 is 2.48 bits per heavy atom. The third-order valence-corrected chi connectivity index (χ3v) is 7.11. The molecule has 188 valence electrons. The van der Waals surface area contributed by atoms with Crippen molar-refractivity contribution in [2.75, 3.05) is 0 Å². The maximum absolute atomic E-state index is 10.8. The topological polar surface area (TPSA) is 63.6 Å². The first-order valence-corrected chi connectivity index (χ1v) is 16.5. The molecule has 0 bridgehead atoms. The highest BCUT2D eigenvalue weighted by molar-refractivity contribution is 6.69. The van der Waals surface area contributed by atoms with Crippen LogP contribution in [0.4, 0.5) is 0 Å². The number of ketones is 1. The number of allylic oxidation sites excluding steroid dienone is 5. The van der Waals surface area contributed by atoms with Crippen LogP contribution in [0.25, 0.3) is 0 Å². The van der Waals surface area contributed by atoms with Crippen molar-refractivity contribution >= 4 is 20.1 Å². The fourth-order valence-corrected chi connectivity index (χ4v) is 5.49. The van der Waals surface area contributed by atoms with Gasteiger partial charge >= 0.3 is 5.97 Å². The van der Waals surface area contributed by atoms with Crippen molar-refractivity contribution in [2.45, 2.75) is 116 Å². The van der Waals surface area contributed by atoms with Gasteiger partial charge in [-0.05, 0) is 82.5 Å². The fraction of sp³-hybridized carbons (Fsp3) is 0.714. The molecule has 1 saturated carbocycles. The van der Waals surface area contributed by atoms with Crippen LogP contribution >= 0.6 is 0 Å². The third kappa shape index (κ3) is 15.9. The largest absolute Gasteiger partial charge is 0.481 e. The van der Waals surface area contributed by atoms with Crippen LogP contribution in [0.3, 0.4) is 0 Å². The molecular formula is C28H48O4Si. The molecule has 4 nitrogen and oxygen atoms in total. The molecule has 3 atom stereocenters. The fourth-order valence-electron chi connectivity index (χ4n) is 4.42. The molecular weight excluding hydrogens is 428 g/mol. The zero-order valence-corrected chi connectivity index (χ0v) is 22.6. The van der Waals surface area contributed by atoms with Gasteiger partial charge in [0.1, 0.15) is 0 Å². The Hall–Kier alpha value is -1.46. The van der Waals surface area contributed by atoms with Gasteiger partial charge in [0, 0.05) is 12.8 Å². The lowest BCUT2D eigenvalue weighted by Crippen LogP contribution is -2.30. The van der Waals surface area contributed by atoms with Gasteiger partial charge in [-0.3, -0.25) is 9.59 Å². The van der Waals surface area contributed by atoms with Gasteiger partial charge in [-0.2, -0.15) is 0 Å². The Morgan fingerprint density at radius 1 is 1.09 bits per heavy atom. The number of aliphatic carboxylic acids is 1. The van der Waals surface area contributed by atoms with Crippen LogP contribution in [-0.2, 0) is 14.0 Å². The zero-order valence-electron chi connectivity index (χ0n) is 21.6. The van der Waals surface area contributed by atoms with Crippen molar-refractivity contribution in [1.29, 1.82) is 0 Å². The quantitative estimate of drug-likeness (QED) is 0.157. The summed E-state index contributed by atoms with van der Waals surface area (Å²) >= 11 is 0. The van der Waals surface area contributed by atoms with E-state index in [1.807, 2.05) is 6.08 Å². The number of carboxylic acid groups (broad SMARTS) is 1. The molecule has 0 heterocycles. The molecule has 0 aromatic heterocycles. The summed E-state index contributed by atoms with van der Waals surface area (Å²) in [5.41, 5.74) is 0. The number of carboxylic acids is 1. The number of carbonyl (C=O) groups excluding carboxylic acids is 1. The van der Waals surface area contributed by atoms with E-state index in [2.05, 4.69) is 50.9 Å². The standard InChI is InChI=1S/C20H34O2.C8H14O2Si/c1-2-3-4-5-6-9-13-18-15-12-16-19(18)14-10-7-8-11-17-20(21)22;1-11(2,3)10-8-5-4-7(9)6-8/h7,9-10,13,18-19H,2-6,8,11-12,14-17H2,1H3,(H,21,22);4-5,8H,6H2,1-3H3/b10-7-,13-9+;/t18-,19-;8-/m00/s1. The minimum Gasteiger partial charge on any atom is -0.481 e. The van der Waals surface area contributed by atoms with E-state index in [1.165, 1.54) is 51.4 Å². The first-order valence-electron chi connectivity index (χ1n) is 13.1. The molecule has 33 heavy (non-hydrogen) atoms. The molecule has 0 saturated heterocycles. The van der Waals surface area contributed by atoms with E-state index >= 15 is 0 Å². The average molecular weight is 477 g/mol. The molecule has 5 heteroatoms. The summed E-state index contributed by atoms with van der Waals surface area (Å²) in [7, 11) is -1.46. The van der Waals surface area contributed by atoms with E-state index in [0.29, 0.717) is 6.42 Å². The second-order valence-electron chi connectivity index (χ2n) is 10.4. The van der Waals surface area contributed by atoms with E-state index < -0.39 is 14.3 Å². The van der Waals surface area contributed by atoms with Crippen molar-refractivity contribution in [1.82, 2.24) is 0 Å². The summed E-state index contributed by atoms with van der Waals surface area (Å²) in [5.74, 6) is 1.08. The van der Waals surface area contributed by atoms with Crippen molar-refractivity contribution in [2.24, 2.45) is 11.8 Å². The molecule has 0 aliphatic heterocycles. The minimum atomic E-state index is -1.46. The smallest absolute Gasteiger partial charge is 0.303 e. The van der Waals surface area contributed by atoms with Gasteiger partial charge in [-0.15, -0.1) is 0 Å². The Balaban J connectivity index is 0.000000412. The summed E-state index contributed by atoms with van der Waals surface area (Å²) < 4.78 is 5.70. The predicted molar refractivity (Wildman–Crippen MR) is 141 cm³/mol. The summed E-state index contributed by atoms with van der Waals surface area (Å²) in [4.78, 5) is 21.2. The second kappa shape index (κ2) is 17.0.